The Labute approximate surface area is 364 Å². The molecule has 3 atom stereocenters. The van der Waals surface area contributed by atoms with Gasteiger partial charge in [-0.1, -0.05) is 56.2 Å². The van der Waals surface area contributed by atoms with E-state index in [-0.39, 0.29) is 66.0 Å². The summed E-state index contributed by atoms with van der Waals surface area (Å²) in [5, 5.41) is 33.6. The number of nitrogens with one attached hydrogen (secondary N) is 4. The molecule has 0 aliphatic carbocycles. The van der Waals surface area contributed by atoms with Crippen LogP contribution in [0.15, 0.2) is 51.7 Å². The Morgan fingerprint density at radius 3 is 2.40 bits per heavy atom. The molecule has 0 saturated carbocycles. The Bertz CT molecular complexity index is 2560. The number of ether oxygens (including phenoxy) is 3. The summed E-state index contributed by atoms with van der Waals surface area (Å²) in [4.78, 5) is 37.9. The second-order valence-electron chi connectivity index (χ2n) is 14.7. The molecular formula is C41H52N12O7S2. The van der Waals surface area contributed by atoms with Gasteiger partial charge in [0.2, 0.25) is 26.9 Å². The highest BCUT2D eigenvalue weighted by atomic mass is 32.2. The van der Waals surface area contributed by atoms with Gasteiger partial charge in [0.25, 0.3) is 0 Å². The number of benzene rings is 2. The molecule has 0 aliphatic heterocycles. The molecule has 2 aromatic carbocycles. The van der Waals surface area contributed by atoms with Gasteiger partial charge in [0.15, 0.2) is 17.3 Å². The minimum absolute atomic E-state index is 0.0137. The Kier molecular flexibility index (Phi) is 16.0. The number of hydrogen-bond acceptors (Lipinski definition) is 18. The minimum atomic E-state index is -3.98. The van der Waals surface area contributed by atoms with Gasteiger partial charge in [-0.05, 0) is 62.9 Å². The van der Waals surface area contributed by atoms with E-state index in [0.29, 0.717) is 39.5 Å². The molecule has 21 heteroatoms. The summed E-state index contributed by atoms with van der Waals surface area (Å²) in [7, 11) is -1.05. The van der Waals surface area contributed by atoms with Crippen molar-refractivity contribution in [3.63, 3.8) is 0 Å². The van der Waals surface area contributed by atoms with Gasteiger partial charge >= 0.3 is 11.9 Å². The van der Waals surface area contributed by atoms with Crippen molar-refractivity contribution >= 4 is 78.3 Å². The summed E-state index contributed by atoms with van der Waals surface area (Å²) in [5.41, 5.74) is 4.69. The number of anilines is 4. The lowest BCUT2D eigenvalue weighted by molar-refractivity contribution is -0.151. The summed E-state index contributed by atoms with van der Waals surface area (Å²) >= 11 is 1.15. The summed E-state index contributed by atoms with van der Waals surface area (Å²) in [6.07, 6.45) is 2.21. The smallest absolute Gasteiger partial charge is 0.308 e. The van der Waals surface area contributed by atoms with E-state index in [2.05, 4.69) is 61.8 Å². The van der Waals surface area contributed by atoms with E-state index in [1.165, 1.54) is 30.1 Å². The lowest BCUT2D eigenvalue weighted by atomic mass is 9.94. The predicted molar refractivity (Wildman–Crippen MR) is 236 cm³/mol. The highest BCUT2D eigenvalue weighted by molar-refractivity contribution is 7.89. The standard InChI is InChI=1S/C41H52N12O7S2/c1-10-24(3)28(7)39(55)60-16-15-59-14-13-44-37-35(38(48-40(43-8)47-37)46-34-25(4)17-23(2)18-26(34)5)49-50-36-29(21-42)22-53(51-36)41-45-31-12-11-30(20-32(31)61-41)62(56,57)52-27(6)19-33(54)58-9/h11-12,17-18,20,22,24,27-28,52H,10,13-16,19H2,1-9H3,(H3,43,44,46,47,48)/b50-49+. The van der Waals surface area contributed by atoms with Crippen LogP contribution in [0.3, 0.4) is 0 Å². The van der Waals surface area contributed by atoms with Crippen LogP contribution in [0.1, 0.15) is 62.8 Å². The second-order valence-corrected chi connectivity index (χ2v) is 17.4. The van der Waals surface area contributed by atoms with Crippen molar-refractivity contribution < 1.29 is 32.2 Å². The molecule has 0 fully saturated rings. The molecule has 62 heavy (non-hydrogen) atoms. The normalized spacial score (nSPS) is 13.1. The van der Waals surface area contributed by atoms with Crippen LogP contribution in [0.25, 0.3) is 15.3 Å². The molecular weight excluding hydrogens is 837 g/mol. The average Bonchev–Trinajstić information content (AvgIpc) is 3.87. The first kappa shape index (κ1) is 47.0. The fourth-order valence-corrected chi connectivity index (χ4v) is 8.48. The third-order valence-electron chi connectivity index (χ3n) is 9.88. The summed E-state index contributed by atoms with van der Waals surface area (Å²) < 4.78 is 46.4. The number of nitrogens with zero attached hydrogens (tertiary/aromatic N) is 8. The molecule has 330 valence electrons. The molecule has 0 aliphatic rings. The lowest BCUT2D eigenvalue weighted by Gasteiger charge is -2.17. The second kappa shape index (κ2) is 21.1. The first-order chi connectivity index (χ1) is 29.6. The number of carbonyl (C=O) groups excluding carboxylic acids is 2. The first-order valence-corrected chi connectivity index (χ1v) is 22.2. The van der Waals surface area contributed by atoms with Gasteiger partial charge in [0.1, 0.15) is 18.2 Å². The quantitative estimate of drug-likeness (QED) is 0.0324. The van der Waals surface area contributed by atoms with E-state index >= 15 is 0 Å². The minimum Gasteiger partial charge on any atom is -0.469 e. The molecule has 0 radical (unpaired) electrons. The number of fused-ring (bicyclic) bond motifs is 1. The number of azo groups is 1. The van der Waals surface area contributed by atoms with Crippen molar-refractivity contribution in [2.75, 3.05) is 56.5 Å². The third-order valence-corrected chi connectivity index (χ3v) is 12.5. The molecule has 0 bridgehead atoms. The van der Waals surface area contributed by atoms with Gasteiger partial charge in [-0.2, -0.15) is 15.2 Å². The largest absolute Gasteiger partial charge is 0.469 e. The zero-order chi connectivity index (χ0) is 45.1. The Balaban J connectivity index is 1.41. The Morgan fingerprint density at radius 1 is 1.00 bits per heavy atom. The average molecular weight is 889 g/mol. The molecule has 19 nitrogen and oxygen atoms in total. The number of carbonyl (C=O) groups is 2. The van der Waals surface area contributed by atoms with E-state index in [9.17, 15) is 23.3 Å². The maximum atomic E-state index is 13.1. The number of sulfonamides is 1. The molecule has 3 unspecified atom stereocenters. The van der Waals surface area contributed by atoms with Gasteiger partial charge in [-0.15, -0.1) is 15.3 Å². The van der Waals surface area contributed by atoms with Crippen molar-refractivity contribution in [1.82, 2.24) is 29.5 Å². The van der Waals surface area contributed by atoms with Gasteiger partial charge in [-0.25, -0.2) is 22.8 Å². The number of nitriles is 1. The molecule has 0 saturated heterocycles. The van der Waals surface area contributed by atoms with E-state index in [1.54, 1.807) is 20.0 Å². The molecule has 4 N–H and O–H groups in total. The van der Waals surface area contributed by atoms with E-state index in [0.717, 1.165) is 40.1 Å². The zero-order valence-electron chi connectivity index (χ0n) is 36.2. The molecule has 0 spiro atoms. The van der Waals surface area contributed by atoms with Crippen LogP contribution in [-0.4, -0.2) is 91.7 Å². The summed E-state index contributed by atoms with van der Waals surface area (Å²) in [6, 6.07) is 9.96. The van der Waals surface area contributed by atoms with Crippen molar-refractivity contribution in [3.8, 4) is 11.2 Å². The van der Waals surface area contributed by atoms with Crippen molar-refractivity contribution in [3.05, 3.63) is 58.8 Å². The monoisotopic (exact) mass is 888 g/mol. The number of thiazole rings is 1. The van der Waals surface area contributed by atoms with Crippen LogP contribution in [0, 0.1) is 43.9 Å². The predicted octanol–water partition coefficient (Wildman–Crippen LogP) is 7.15. The zero-order valence-corrected chi connectivity index (χ0v) is 37.8. The fraction of sp³-hybridized carbons (Fsp3) is 0.439. The molecule has 3 heterocycles. The maximum absolute atomic E-state index is 13.1. The van der Waals surface area contributed by atoms with Crippen LogP contribution in [-0.2, 0) is 33.8 Å². The SMILES string of the molecule is CCC(C)C(C)C(=O)OCCOCCNc1nc(NC)nc(Nc2c(C)cc(C)cc2C)c1/N=N/c1nn(-c2nc3ccc(S(=O)(=O)NC(C)CC(=O)OC)cc3s2)cc1C#N. The lowest BCUT2D eigenvalue weighted by Crippen LogP contribution is -2.34. The number of hydrogen-bond donors (Lipinski definition) is 4. The number of rotatable bonds is 21. The van der Waals surface area contributed by atoms with Crippen molar-refractivity contribution in [2.45, 2.75) is 72.2 Å². The highest BCUT2D eigenvalue weighted by Gasteiger charge is 2.23. The fourth-order valence-electron chi connectivity index (χ4n) is 6.21. The molecule has 5 aromatic rings. The van der Waals surface area contributed by atoms with Gasteiger partial charge in [-0.3, -0.25) is 9.59 Å². The van der Waals surface area contributed by atoms with Crippen LogP contribution >= 0.6 is 11.3 Å². The third kappa shape index (κ3) is 11.8. The van der Waals surface area contributed by atoms with Crippen molar-refractivity contribution in [2.24, 2.45) is 22.1 Å². The Hall–Kier alpha value is -6.08. The number of methoxy groups -OCH3 is 1. The Morgan fingerprint density at radius 2 is 1.73 bits per heavy atom. The van der Waals surface area contributed by atoms with Crippen LogP contribution in [0.5, 0.6) is 0 Å². The van der Waals surface area contributed by atoms with Crippen LogP contribution in [0.4, 0.5) is 34.8 Å². The van der Waals surface area contributed by atoms with E-state index in [4.69, 9.17) is 9.47 Å². The van der Waals surface area contributed by atoms with E-state index < -0.39 is 22.0 Å². The maximum Gasteiger partial charge on any atom is 0.308 e. The van der Waals surface area contributed by atoms with Gasteiger partial charge < -0.3 is 30.2 Å². The first-order valence-electron chi connectivity index (χ1n) is 19.9. The number of esters is 2. The van der Waals surface area contributed by atoms with Crippen LogP contribution in [0.2, 0.25) is 0 Å². The highest BCUT2D eigenvalue weighted by Crippen LogP contribution is 2.37. The number of aromatic nitrogens is 5. The van der Waals surface area contributed by atoms with E-state index in [1.807, 2.05) is 53.7 Å². The van der Waals surface area contributed by atoms with Crippen LogP contribution < -0.4 is 20.7 Å². The molecule has 5 rings (SSSR count). The summed E-state index contributed by atoms with van der Waals surface area (Å²) in [6.45, 7) is 14.4. The number of aryl methyl sites for hydroxylation is 3. The molecule has 3 aromatic heterocycles. The van der Waals surface area contributed by atoms with Gasteiger partial charge in [0, 0.05) is 25.3 Å². The van der Waals surface area contributed by atoms with Crippen molar-refractivity contribution in [1.29, 1.82) is 5.26 Å². The van der Waals surface area contributed by atoms with Gasteiger partial charge in [0.05, 0.1) is 54.0 Å². The molecule has 0 amide bonds. The topological polar surface area (TPSA) is 249 Å². The summed E-state index contributed by atoms with van der Waals surface area (Å²) in [5.74, 6) is 0.129.